The molecule has 1 aromatic carbocycles. The lowest BCUT2D eigenvalue weighted by atomic mass is 9.96. The minimum Gasteiger partial charge on any atom is -0.493 e. The highest BCUT2D eigenvalue weighted by Gasteiger charge is 2.32. The highest BCUT2D eigenvalue weighted by Crippen LogP contribution is 2.32. The van der Waals surface area contributed by atoms with Gasteiger partial charge in [0, 0.05) is 31.3 Å². The minimum absolute atomic E-state index is 0.0252. The molecule has 2 atom stereocenters. The maximum Gasteiger partial charge on any atom is 0.318 e. The Labute approximate surface area is 182 Å². The zero-order valence-electron chi connectivity index (χ0n) is 18.2. The molecule has 1 aliphatic heterocycles. The number of esters is 1. The van der Waals surface area contributed by atoms with Gasteiger partial charge in [0.05, 0.1) is 38.3 Å². The molecule has 2 aromatic rings. The molecule has 0 saturated carbocycles. The fraction of sp³-hybridized carbons (Fsp3) is 0.458. The number of hydrogen-bond donors (Lipinski definition) is 1. The van der Waals surface area contributed by atoms with E-state index in [1.807, 2.05) is 38.1 Å². The number of carbonyl (C=O) groups is 1. The topological polar surface area (TPSA) is 87.4 Å². The van der Waals surface area contributed by atoms with Gasteiger partial charge in [0.2, 0.25) is 0 Å². The Morgan fingerprint density at radius 1 is 1.19 bits per heavy atom. The van der Waals surface area contributed by atoms with Crippen LogP contribution >= 0.6 is 0 Å². The number of cyclic esters (lactones) is 1. The van der Waals surface area contributed by atoms with Crippen molar-refractivity contribution in [3.05, 3.63) is 54.2 Å². The van der Waals surface area contributed by atoms with Crippen LogP contribution in [0, 0.1) is 11.8 Å². The summed E-state index contributed by atoms with van der Waals surface area (Å²) in [6.45, 7) is 5.34. The quantitative estimate of drug-likeness (QED) is 0.403. The fourth-order valence-corrected chi connectivity index (χ4v) is 3.30. The van der Waals surface area contributed by atoms with Gasteiger partial charge >= 0.3 is 5.97 Å². The van der Waals surface area contributed by atoms with Gasteiger partial charge in [-0.1, -0.05) is 26.0 Å². The normalized spacial score (nSPS) is 17.0. The van der Waals surface area contributed by atoms with Crippen molar-refractivity contribution in [1.29, 1.82) is 0 Å². The molecule has 0 aliphatic carbocycles. The Kier molecular flexibility index (Phi) is 8.28. The van der Waals surface area contributed by atoms with Gasteiger partial charge < -0.3 is 28.5 Å². The van der Waals surface area contributed by atoms with E-state index in [-0.39, 0.29) is 36.8 Å². The standard InChI is InChI=1S/C24H30O7/c1-16(2)20-12-23(31-24(20)26)21(25)15-29-13-17-5-6-19(18-7-10-28-14-18)22(11-17)30-9-4-8-27-3/h5-7,10-12,14,16,20-21,25H,4,8-9,13,15H2,1-3H3. The van der Waals surface area contributed by atoms with Crippen LogP contribution in [0.2, 0.25) is 0 Å². The second kappa shape index (κ2) is 11.1. The number of methoxy groups -OCH3 is 1. The zero-order valence-corrected chi connectivity index (χ0v) is 18.2. The van der Waals surface area contributed by atoms with Gasteiger partial charge in [-0.05, 0) is 29.7 Å². The molecule has 1 aliphatic rings. The lowest BCUT2D eigenvalue weighted by molar-refractivity contribution is -0.142. The fourth-order valence-electron chi connectivity index (χ4n) is 3.30. The molecule has 1 N–H and O–H groups in total. The molecule has 0 spiro atoms. The smallest absolute Gasteiger partial charge is 0.318 e. The number of rotatable bonds is 12. The SMILES string of the molecule is COCCCOc1cc(COCC(O)C2=CC(C(C)C)C(=O)O2)ccc1-c1ccoc1. The predicted molar refractivity (Wildman–Crippen MR) is 114 cm³/mol. The molecule has 2 heterocycles. The molecule has 0 radical (unpaired) electrons. The van der Waals surface area contributed by atoms with Gasteiger partial charge in [0.1, 0.15) is 17.6 Å². The van der Waals surface area contributed by atoms with Gasteiger partial charge in [-0.2, -0.15) is 0 Å². The Morgan fingerprint density at radius 2 is 2.03 bits per heavy atom. The van der Waals surface area contributed by atoms with Crippen LogP contribution in [0.1, 0.15) is 25.8 Å². The maximum atomic E-state index is 11.9. The molecule has 1 aromatic heterocycles. The first-order chi connectivity index (χ1) is 15.0. The number of aliphatic hydroxyl groups is 1. The average molecular weight is 430 g/mol. The van der Waals surface area contributed by atoms with E-state index >= 15 is 0 Å². The Morgan fingerprint density at radius 3 is 2.71 bits per heavy atom. The van der Waals surface area contributed by atoms with Gasteiger partial charge in [0.25, 0.3) is 0 Å². The third kappa shape index (κ3) is 6.19. The van der Waals surface area contributed by atoms with E-state index in [1.54, 1.807) is 25.7 Å². The second-order valence-electron chi connectivity index (χ2n) is 7.83. The van der Waals surface area contributed by atoms with Gasteiger partial charge in [-0.15, -0.1) is 0 Å². The minimum atomic E-state index is -0.984. The van der Waals surface area contributed by atoms with Crippen molar-refractivity contribution in [2.45, 2.75) is 33.0 Å². The van der Waals surface area contributed by atoms with Crippen molar-refractivity contribution < 1.29 is 33.3 Å². The number of aliphatic hydroxyl groups excluding tert-OH is 1. The second-order valence-corrected chi connectivity index (χ2v) is 7.83. The van der Waals surface area contributed by atoms with Crippen molar-refractivity contribution >= 4 is 5.97 Å². The number of carbonyl (C=O) groups excluding carboxylic acids is 1. The highest BCUT2D eigenvalue weighted by atomic mass is 16.6. The molecule has 0 bridgehead atoms. The van der Waals surface area contributed by atoms with Crippen molar-refractivity contribution in [2.24, 2.45) is 11.8 Å². The molecule has 3 rings (SSSR count). The zero-order chi connectivity index (χ0) is 22.2. The van der Waals surface area contributed by atoms with Gasteiger partial charge in [0.15, 0.2) is 0 Å². The lowest BCUT2D eigenvalue weighted by Gasteiger charge is -2.14. The van der Waals surface area contributed by atoms with Crippen LogP contribution in [0.15, 0.2) is 53.0 Å². The Bertz CT molecular complexity index is 870. The molecular weight excluding hydrogens is 400 g/mol. The number of hydrogen-bond acceptors (Lipinski definition) is 7. The van der Waals surface area contributed by atoms with E-state index in [2.05, 4.69) is 0 Å². The van der Waals surface area contributed by atoms with E-state index in [0.29, 0.717) is 13.2 Å². The van der Waals surface area contributed by atoms with E-state index in [0.717, 1.165) is 28.9 Å². The summed E-state index contributed by atoms with van der Waals surface area (Å²) in [6.07, 6.45) is 4.77. The largest absolute Gasteiger partial charge is 0.493 e. The number of furan rings is 1. The van der Waals surface area contributed by atoms with Crippen LogP contribution in [0.3, 0.4) is 0 Å². The molecule has 0 amide bonds. The first-order valence-electron chi connectivity index (χ1n) is 10.5. The van der Waals surface area contributed by atoms with Crippen molar-refractivity contribution in [3.63, 3.8) is 0 Å². The third-order valence-corrected chi connectivity index (χ3v) is 5.05. The summed E-state index contributed by atoms with van der Waals surface area (Å²) in [4.78, 5) is 11.9. The summed E-state index contributed by atoms with van der Waals surface area (Å²) in [5.41, 5.74) is 2.76. The Balaban J connectivity index is 1.59. The monoisotopic (exact) mass is 430 g/mol. The van der Waals surface area contributed by atoms with E-state index < -0.39 is 6.10 Å². The van der Waals surface area contributed by atoms with Crippen molar-refractivity contribution in [1.82, 2.24) is 0 Å². The molecule has 31 heavy (non-hydrogen) atoms. The van der Waals surface area contributed by atoms with Crippen LogP contribution in [0.4, 0.5) is 0 Å². The molecule has 168 valence electrons. The summed E-state index contributed by atoms with van der Waals surface area (Å²) >= 11 is 0. The van der Waals surface area contributed by atoms with Crippen molar-refractivity contribution in [3.8, 4) is 16.9 Å². The van der Waals surface area contributed by atoms with Crippen LogP contribution in [0.5, 0.6) is 5.75 Å². The van der Waals surface area contributed by atoms with E-state index in [1.165, 1.54) is 0 Å². The molecule has 7 heteroatoms. The first kappa shape index (κ1) is 23.1. The average Bonchev–Trinajstić information content (AvgIpc) is 3.41. The molecule has 2 unspecified atom stereocenters. The van der Waals surface area contributed by atoms with Gasteiger partial charge in [-0.25, -0.2) is 0 Å². The third-order valence-electron chi connectivity index (χ3n) is 5.05. The molecule has 0 fully saturated rings. The summed E-state index contributed by atoms with van der Waals surface area (Å²) in [6, 6.07) is 7.70. The van der Waals surface area contributed by atoms with Crippen LogP contribution in [0.25, 0.3) is 11.1 Å². The van der Waals surface area contributed by atoms with Crippen LogP contribution < -0.4 is 4.74 Å². The summed E-state index contributed by atoms with van der Waals surface area (Å²) in [7, 11) is 1.66. The lowest BCUT2D eigenvalue weighted by Crippen LogP contribution is -2.19. The van der Waals surface area contributed by atoms with Crippen LogP contribution in [-0.2, 0) is 25.6 Å². The molecule has 7 nitrogen and oxygen atoms in total. The summed E-state index contributed by atoms with van der Waals surface area (Å²) in [5, 5.41) is 10.3. The molecular formula is C24H30O7. The van der Waals surface area contributed by atoms with Crippen molar-refractivity contribution in [2.75, 3.05) is 26.9 Å². The van der Waals surface area contributed by atoms with Crippen LogP contribution in [-0.4, -0.2) is 44.1 Å². The molecule has 0 saturated heterocycles. The Hall–Kier alpha value is -2.61. The number of ether oxygens (including phenoxy) is 4. The van der Waals surface area contributed by atoms with E-state index in [9.17, 15) is 9.90 Å². The summed E-state index contributed by atoms with van der Waals surface area (Å²) < 4.78 is 27.1. The van der Waals surface area contributed by atoms with Gasteiger partial charge in [-0.3, -0.25) is 4.79 Å². The van der Waals surface area contributed by atoms with E-state index in [4.69, 9.17) is 23.4 Å². The summed E-state index contributed by atoms with van der Waals surface area (Å²) in [5.74, 6) is 0.466. The number of benzene rings is 1. The predicted octanol–water partition coefficient (Wildman–Crippen LogP) is 3.95. The first-order valence-corrected chi connectivity index (χ1v) is 10.5. The maximum absolute atomic E-state index is 11.9. The highest BCUT2D eigenvalue weighted by molar-refractivity contribution is 5.78.